The predicted molar refractivity (Wildman–Crippen MR) is 112 cm³/mol. The number of halogens is 1. The van der Waals surface area contributed by atoms with Gasteiger partial charge in [0.05, 0.1) is 6.20 Å². The van der Waals surface area contributed by atoms with Crippen molar-refractivity contribution < 1.29 is 14.6 Å². The Kier molecular flexibility index (Phi) is 7.45. The molecule has 1 aliphatic heterocycles. The number of nitrogens with one attached hydrogen (secondary N) is 1. The number of aryl methyl sites for hydroxylation is 1. The van der Waals surface area contributed by atoms with Crippen LogP contribution in [-0.4, -0.2) is 40.4 Å². The van der Waals surface area contributed by atoms with Gasteiger partial charge >= 0.3 is 0 Å². The van der Waals surface area contributed by atoms with Crippen molar-refractivity contribution in [2.75, 3.05) is 25.1 Å². The van der Waals surface area contributed by atoms with E-state index in [2.05, 4.69) is 22.1 Å². The maximum atomic E-state index is 13.1. The van der Waals surface area contributed by atoms with Crippen molar-refractivity contribution in [2.45, 2.75) is 32.2 Å². The van der Waals surface area contributed by atoms with Gasteiger partial charge in [-0.05, 0) is 38.2 Å². The molecule has 2 aromatic heterocycles. The first-order chi connectivity index (χ1) is 14.0. The Balaban J connectivity index is 1.93. The molecule has 9 heteroatoms. The SMILES string of the molecule is Cc1cc(C#CCO)cc(=O)n1C(CC1CCOCC1)C(=O)Nc1ncc(Cl)s1. The smallest absolute Gasteiger partial charge is 0.252 e. The monoisotopic (exact) mass is 435 g/mol. The summed E-state index contributed by atoms with van der Waals surface area (Å²) in [6, 6.07) is 2.45. The van der Waals surface area contributed by atoms with Crippen LogP contribution >= 0.6 is 22.9 Å². The van der Waals surface area contributed by atoms with Crippen LogP contribution < -0.4 is 10.9 Å². The number of carbonyl (C=O) groups is 1. The molecule has 1 amide bonds. The third kappa shape index (κ3) is 5.67. The zero-order valence-corrected chi connectivity index (χ0v) is 17.6. The molecule has 1 saturated heterocycles. The molecule has 7 nitrogen and oxygen atoms in total. The number of rotatable bonds is 5. The van der Waals surface area contributed by atoms with Gasteiger partial charge in [-0.2, -0.15) is 0 Å². The van der Waals surface area contributed by atoms with Crippen molar-refractivity contribution in [3.63, 3.8) is 0 Å². The molecule has 1 atom stereocenters. The summed E-state index contributed by atoms with van der Waals surface area (Å²) in [5.41, 5.74) is 0.829. The Bertz CT molecular complexity index is 986. The first kappa shape index (κ1) is 21.5. The number of aromatic nitrogens is 2. The Morgan fingerprint density at radius 1 is 1.48 bits per heavy atom. The number of nitrogens with zero attached hydrogens (tertiary/aromatic N) is 2. The lowest BCUT2D eigenvalue weighted by atomic mass is 9.91. The van der Waals surface area contributed by atoms with Gasteiger partial charge in [-0.25, -0.2) is 4.98 Å². The molecule has 0 bridgehead atoms. The summed E-state index contributed by atoms with van der Waals surface area (Å²) in [6.07, 6.45) is 3.69. The van der Waals surface area contributed by atoms with Crippen LogP contribution in [-0.2, 0) is 9.53 Å². The second-order valence-electron chi connectivity index (χ2n) is 6.82. The second-order valence-corrected chi connectivity index (χ2v) is 8.48. The number of amides is 1. The van der Waals surface area contributed by atoms with Gasteiger partial charge in [0.1, 0.15) is 17.0 Å². The van der Waals surface area contributed by atoms with Crippen LogP contribution in [0.3, 0.4) is 0 Å². The van der Waals surface area contributed by atoms with Crippen LogP contribution in [0.25, 0.3) is 0 Å². The summed E-state index contributed by atoms with van der Waals surface area (Å²) < 4.78 is 7.40. The first-order valence-electron chi connectivity index (χ1n) is 9.30. The second kappa shape index (κ2) is 10.0. The molecule has 3 heterocycles. The Morgan fingerprint density at radius 3 is 2.86 bits per heavy atom. The van der Waals surface area contributed by atoms with E-state index in [-0.39, 0.29) is 24.0 Å². The van der Waals surface area contributed by atoms with E-state index < -0.39 is 6.04 Å². The fraction of sp³-hybridized carbons (Fsp3) is 0.450. The number of carbonyl (C=O) groups excluding carboxylic acids is 1. The minimum atomic E-state index is -0.687. The molecule has 0 radical (unpaired) electrons. The van der Waals surface area contributed by atoms with Gasteiger partial charge < -0.3 is 19.7 Å². The molecular weight excluding hydrogens is 414 g/mol. The van der Waals surface area contributed by atoms with E-state index in [0.29, 0.717) is 40.4 Å². The molecule has 0 aliphatic carbocycles. The van der Waals surface area contributed by atoms with Gasteiger partial charge in [0, 0.05) is 30.5 Å². The summed E-state index contributed by atoms with van der Waals surface area (Å²) in [5, 5.41) is 12.1. The maximum Gasteiger partial charge on any atom is 0.252 e. The summed E-state index contributed by atoms with van der Waals surface area (Å²) in [7, 11) is 0. The van der Waals surface area contributed by atoms with Crippen molar-refractivity contribution in [3.05, 3.63) is 44.3 Å². The fourth-order valence-electron chi connectivity index (χ4n) is 3.45. The van der Waals surface area contributed by atoms with E-state index in [1.165, 1.54) is 28.2 Å². The van der Waals surface area contributed by atoms with E-state index in [1.54, 1.807) is 13.0 Å². The summed E-state index contributed by atoms with van der Waals surface area (Å²) in [6.45, 7) is 2.80. The zero-order valence-electron chi connectivity index (χ0n) is 16.0. The van der Waals surface area contributed by atoms with Crippen molar-refractivity contribution in [1.82, 2.24) is 9.55 Å². The van der Waals surface area contributed by atoms with E-state index in [0.717, 1.165) is 12.8 Å². The predicted octanol–water partition coefficient (Wildman–Crippen LogP) is 2.61. The number of hydrogen-bond acceptors (Lipinski definition) is 6. The lowest BCUT2D eigenvalue weighted by Gasteiger charge is -2.28. The minimum absolute atomic E-state index is 0.277. The highest BCUT2D eigenvalue weighted by Gasteiger charge is 2.28. The van der Waals surface area contributed by atoms with E-state index in [4.69, 9.17) is 21.4 Å². The lowest BCUT2D eigenvalue weighted by Crippen LogP contribution is -2.36. The Morgan fingerprint density at radius 2 is 2.24 bits per heavy atom. The van der Waals surface area contributed by atoms with Crippen LogP contribution in [0.4, 0.5) is 5.13 Å². The number of aliphatic hydroxyl groups is 1. The maximum absolute atomic E-state index is 13.1. The number of ether oxygens (including phenoxy) is 1. The standard InChI is InChI=1S/C20H22ClN3O4S/c1-13-9-15(3-2-6-25)11-18(26)24(13)16(10-14-4-7-28-8-5-14)19(27)23-20-22-12-17(21)29-20/h9,11-12,14,16,25H,4-8,10H2,1H3,(H,22,23,27). The van der Waals surface area contributed by atoms with Gasteiger partial charge in [0.2, 0.25) is 5.91 Å². The summed E-state index contributed by atoms with van der Waals surface area (Å²) in [5.74, 6) is 5.25. The van der Waals surface area contributed by atoms with Gasteiger partial charge in [0.25, 0.3) is 5.56 Å². The molecule has 2 N–H and O–H groups in total. The third-order valence-corrected chi connectivity index (χ3v) is 5.82. The van der Waals surface area contributed by atoms with Gasteiger partial charge in [-0.15, -0.1) is 0 Å². The van der Waals surface area contributed by atoms with E-state index in [1.807, 2.05) is 0 Å². The molecule has 1 aliphatic rings. The molecule has 3 rings (SSSR count). The number of hydrogen-bond donors (Lipinski definition) is 2. The van der Waals surface area contributed by atoms with Gasteiger partial charge in [0.15, 0.2) is 5.13 Å². The Labute approximate surface area is 177 Å². The van der Waals surface area contributed by atoms with Crippen LogP contribution in [0.2, 0.25) is 4.34 Å². The number of pyridine rings is 1. The van der Waals surface area contributed by atoms with Crippen LogP contribution in [0.5, 0.6) is 0 Å². The van der Waals surface area contributed by atoms with Crippen LogP contribution in [0.15, 0.2) is 23.1 Å². The highest BCUT2D eigenvalue weighted by Crippen LogP contribution is 2.29. The molecule has 29 heavy (non-hydrogen) atoms. The summed E-state index contributed by atoms with van der Waals surface area (Å²) in [4.78, 5) is 30.1. The van der Waals surface area contributed by atoms with E-state index in [9.17, 15) is 9.59 Å². The molecule has 1 unspecified atom stereocenters. The molecule has 154 valence electrons. The average Bonchev–Trinajstić information content (AvgIpc) is 3.10. The zero-order chi connectivity index (χ0) is 20.8. The normalized spacial score (nSPS) is 15.4. The van der Waals surface area contributed by atoms with Crippen molar-refractivity contribution in [3.8, 4) is 11.8 Å². The van der Waals surface area contributed by atoms with E-state index >= 15 is 0 Å². The molecule has 1 fully saturated rings. The average molecular weight is 436 g/mol. The van der Waals surface area contributed by atoms with Gasteiger partial charge in [-0.3, -0.25) is 9.59 Å². The lowest BCUT2D eigenvalue weighted by molar-refractivity contribution is -0.120. The van der Waals surface area contributed by atoms with Gasteiger partial charge in [-0.1, -0.05) is 34.8 Å². The highest BCUT2D eigenvalue weighted by atomic mass is 35.5. The molecular formula is C20H22ClN3O4S. The summed E-state index contributed by atoms with van der Waals surface area (Å²) >= 11 is 7.08. The minimum Gasteiger partial charge on any atom is -0.384 e. The largest absolute Gasteiger partial charge is 0.384 e. The molecule has 0 spiro atoms. The molecule has 0 aromatic carbocycles. The first-order valence-corrected chi connectivity index (χ1v) is 10.5. The fourth-order valence-corrected chi connectivity index (χ4v) is 4.27. The highest BCUT2D eigenvalue weighted by molar-refractivity contribution is 7.19. The number of anilines is 1. The van der Waals surface area contributed by atoms with Crippen LogP contribution in [0, 0.1) is 24.7 Å². The van der Waals surface area contributed by atoms with Crippen LogP contribution in [0.1, 0.15) is 36.6 Å². The quantitative estimate of drug-likeness (QED) is 0.704. The number of aliphatic hydroxyl groups excluding tert-OH is 1. The van der Waals surface area contributed by atoms with Crippen molar-refractivity contribution >= 4 is 34.0 Å². The third-order valence-electron chi connectivity index (χ3n) is 4.79. The Hall–Kier alpha value is -2.18. The van der Waals surface area contributed by atoms with Crippen molar-refractivity contribution in [2.24, 2.45) is 5.92 Å². The number of thiazole rings is 1. The molecule has 2 aromatic rings. The van der Waals surface area contributed by atoms with Crippen molar-refractivity contribution in [1.29, 1.82) is 0 Å². The topological polar surface area (TPSA) is 93.5 Å². The molecule has 0 saturated carbocycles.